The summed E-state index contributed by atoms with van der Waals surface area (Å²) in [5.74, 6) is -0.437. The van der Waals surface area contributed by atoms with Gasteiger partial charge in [-0.15, -0.1) is 0 Å². The number of pyridine rings is 1. The van der Waals surface area contributed by atoms with E-state index in [2.05, 4.69) is 4.98 Å². The van der Waals surface area contributed by atoms with Crippen LogP contribution in [0.15, 0.2) is 12.1 Å². The standard InChI is InChI=1S/C13H16ClN3O3/c1-9(18)16-3-2-4-17(6-5-16)12-8-10(13(19)20)7-11(14)15-12/h7-8H,2-6H2,1H3,(H,19,20). The maximum Gasteiger partial charge on any atom is 0.335 e. The van der Waals surface area contributed by atoms with Crippen molar-refractivity contribution in [2.24, 2.45) is 0 Å². The molecule has 1 aliphatic rings. The number of carbonyl (C=O) groups excluding carboxylic acids is 1. The normalized spacial score (nSPS) is 15.9. The Balaban J connectivity index is 2.19. The fourth-order valence-corrected chi connectivity index (χ4v) is 2.43. The minimum absolute atomic E-state index is 0.0529. The monoisotopic (exact) mass is 297 g/mol. The summed E-state index contributed by atoms with van der Waals surface area (Å²) in [5.41, 5.74) is 0.118. The highest BCUT2D eigenvalue weighted by Gasteiger charge is 2.19. The van der Waals surface area contributed by atoms with Crippen LogP contribution in [0.4, 0.5) is 5.82 Å². The molecule has 6 nitrogen and oxygen atoms in total. The van der Waals surface area contributed by atoms with Gasteiger partial charge in [0.05, 0.1) is 5.56 Å². The van der Waals surface area contributed by atoms with Crippen molar-refractivity contribution >= 4 is 29.3 Å². The quantitative estimate of drug-likeness (QED) is 0.837. The van der Waals surface area contributed by atoms with Crippen molar-refractivity contribution in [3.8, 4) is 0 Å². The molecular formula is C13H16ClN3O3. The SMILES string of the molecule is CC(=O)N1CCCN(c2cc(C(=O)O)cc(Cl)n2)CC1. The highest BCUT2D eigenvalue weighted by Crippen LogP contribution is 2.20. The Hall–Kier alpha value is -1.82. The number of aromatic nitrogens is 1. The van der Waals surface area contributed by atoms with Gasteiger partial charge in [0.2, 0.25) is 5.91 Å². The van der Waals surface area contributed by atoms with Crippen LogP contribution in [-0.4, -0.2) is 53.0 Å². The summed E-state index contributed by atoms with van der Waals surface area (Å²) in [6.45, 7) is 4.20. The van der Waals surface area contributed by atoms with Crippen molar-refractivity contribution in [3.63, 3.8) is 0 Å². The van der Waals surface area contributed by atoms with Gasteiger partial charge in [0, 0.05) is 33.1 Å². The Morgan fingerprint density at radius 2 is 2.00 bits per heavy atom. The van der Waals surface area contributed by atoms with Gasteiger partial charge in [-0.05, 0) is 18.6 Å². The van der Waals surface area contributed by atoms with Crippen molar-refractivity contribution in [2.75, 3.05) is 31.1 Å². The van der Waals surface area contributed by atoms with Crippen LogP contribution >= 0.6 is 11.6 Å². The summed E-state index contributed by atoms with van der Waals surface area (Å²) in [6, 6.07) is 2.84. The number of anilines is 1. The average molecular weight is 298 g/mol. The van der Waals surface area contributed by atoms with Gasteiger partial charge in [-0.2, -0.15) is 0 Å². The number of nitrogens with zero attached hydrogens (tertiary/aromatic N) is 3. The third kappa shape index (κ3) is 3.39. The van der Waals surface area contributed by atoms with Crippen LogP contribution < -0.4 is 4.90 Å². The second-order valence-electron chi connectivity index (χ2n) is 4.69. The summed E-state index contributed by atoms with van der Waals surface area (Å²) in [5, 5.41) is 9.20. The Morgan fingerprint density at radius 3 is 2.65 bits per heavy atom. The first-order chi connectivity index (χ1) is 9.47. The van der Waals surface area contributed by atoms with Crippen LogP contribution in [0.5, 0.6) is 0 Å². The van der Waals surface area contributed by atoms with E-state index in [0.29, 0.717) is 25.5 Å². The molecule has 1 aromatic rings. The number of amides is 1. The van der Waals surface area contributed by atoms with E-state index in [1.54, 1.807) is 11.8 Å². The number of hydrogen-bond acceptors (Lipinski definition) is 4. The predicted octanol–water partition coefficient (Wildman–Crippen LogP) is 1.49. The maximum absolute atomic E-state index is 11.4. The zero-order valence-electron chi connectivity index (χ0n) is 11.2. The summed E-state index contributed by atoms with van der Waals surface area (Å²) >= 11 is 5.87. The number of hydrogen-bond donors (Lipinski definition) is 1. The molecule has 1 amide bonds. The summed E-state index contributed by atoms with van der Waals surface area (Å²) in [4.78, 5) is 30.3. The van der Waals surface area contributed by atoms with Crippen LogP contribution in [0.1, 0.15) is 23.7 Å². The maximum atomic E-state index is 11.4. The molecule has 108 valence electrons. The van der Waals surface area contributed by atoms with Gasteiger partial charge in [-0.1, -0.05) is 11.6 Å². The van der Waals surface area contributed by atoms with Gasteiger partial charge in [0.15, 0.2) is 0 Å². The van der Waals surface area contributed by atoms with Crippen molar-refractivity contribution in [1.29, 1.82) is 0 Å². The van der Waals surface area contributed by atoms with Crippen LogP contribution in [0.3, 0.4) is 0 Å². The lowest BCUT2D eigenvalue weighted by Crippen LogP contribution is -2.33. The molecule has 0 radical (unpaired) electrons. The van der Waals surface area contributed by atoms with E-state index in [4.69, 9.17) is 16.7 Å². The summed E-state index contributed by atoms with van der Waals surface area (Å²) in [6.07, 6.45) is 0.816. The molecule has 1 aromatic heterocycles. The molecule has 1 fully saturated rings. The molecule has 0 bridgehead atoms. The predicted molar refractivity (Wildman–Crippen MR) is 75.3 cm³/mol. The number of rotatable bonds is 2. The first-order valence-corrected chi connectivity index (χ1v) is 6.76. The molecular weight excluding hydrogens is 282 g/mol. The molecule has 7 heteroatoms. The van der Waals surface area contributed by atoms with Gasteiger partial charge >= 0.3 is 5.97 Å². The molecule has 1 saturated heterocycles. The lowest BCUT2D eigenvalue weighted by atomic mass is 10.2. The Kier molecular flexibility index (Phi) is 4.44. The number of carboxylic acids is 1. The lowest BCUT2D eigenvalue weighted by Gasteiger charge is -2.22. The molecule has 0 spiro atoms. The first-order valence-electron chi connectivity index (χ1n) is 6.38. The highest BCUT2D eigenvalue weighted by molar-refractivity contribution is 6.29. The van der Waals surface area contributed by atoms with E-state index in [-0.39, 0.29) is 16.6 Å². The lowest BCUT2D eigenvalue weighted by molar-refractivity contribution is -0.128. The van der Waals surface area contributed by atoms with Crippen LogP contribution in [0.2, 0.25) is 5.15 Å². The highest BCUT2D eigenvalue weighted by atomic mass is 35.5. The fraction of sp³-hybridized carbons (Fsp3) is 0.462. The number of carbonyl (C=O) groups is 2. The fourth-order valence-electron chi connectivity index (χ4n) is 2.23. The van der Waals surface area contributed by atoms with Crippen LogP contribution in [0, 0.1) is 0 Å². The van der Waals surface area contributed by atoms with Crippen molar-refractivity contribution < 1.29 is 14.7 Å². The van der Waals surface area contributed by atoms with Crippen molar-refractivity contribution in [1.82, 2.24) is 9.88 Å². The van der Waals surface area contributed by atoms with Gasteiger partial charge < -0.3 is 14.9 Å². The molecule has 2 heterocycles. The van der Waals surface area contributed by atoms with Crippen LogP contribution in [-0.2, 0) is 4.79 Å². The summed E-state index contributed by atoms with van der Waals surface area (Å²) < 4.78 is 0. The first kappa shape index (κ1) is 14.6. The number of aromatic carboxylic acids is 1. The van der Waals surface area contributed by atoms with Gasteiger partial charge in [0.25, 0.3) is 0 Å². The molecule has 0 atom stereocenters. The third-order valence-electron chi connectivity index (χ3n) is 3.29. The average Bonchev–Trinajstić information content (AvgIpc) is 2.63. The van der Waals surface area contributed by atoms with E-state index in [9.17, 15) is 9.59 Å². The van der Waals surface area contributed by atoms with E-state index < -0.39 is 5.97 Å². The summed E-state index contributed by atoms with van der Waals surface area (Å²) in [7, 11) is 0. The number of halogens is 1. The minimum Gasteiger partial charge on any atom is -0.478 e. The van der Waals surface area contributed by atoms with E-state index in [1.807, 2.05) is 4.90 Å². The van der Waals surface area contributed by atoms with Gasteiger partial charge in [-0.3, -0.25) is 4.79 Å². The van der Waals surface area contributed by atoms with E-state index in [1.165, 1.54) is 12.1 Å². The largest absolute Gasteiger partial charge is 0.478 e. The van der Waals surface area contributed by atoms with Crippen molar-refractivity contribution in [2.45, 2.75) is 13.3 Å². The van der Waals surface area contributed by atoms with E-state index in [0.717, 1.165) is 13.0 Å². The molecule has 1 N–H and O–H groups in total. The second-order valence-corrected chi connectivity index (χ2v) is 5.08. The van der Waals surface area contributed by atoms with Gasteiger partial charge in [-0.25, -0.2) is 9.78 Å². The zero-order chi connectivity index (χ0) is 14.7. The third-order valence-corrected chi connectivity index (χ3v) is 3.49. The molecule has 1 aliphatic heterocycles. The molecule has 0 aliphatic carbocycles. The molecule has 0 unspecified atom stereocenters. The molecule has 20 heavy (non-hydrogen) atoms. The topological polar surface area (TPSA) is 73.7 Å². The van der Waals surface area contributed by atoms with Crippen molar-refractivity contribution in [3.05, 3.63) is 22.8 Å². The molecule has 0 aromatic carbocycles. The van der Waals surface area contributed by atoms with Crippen LogP contribution in [0.25, 0.3) is 0 Å². The van der Waals surface area contributed by atoms with Gasteiger partial charge in [0.1, 0.15) is 11.0 Å². The smallest absolute Gasteiger partial charge is 0.335 e. The van der Waals surface area contributed by atoms with E-state index >= 15 is 0 Å². The Bertz CT molecular complexity index is 536. The zero-order valence-corrected chi connectivity index (χ0v) is 11.9. The minimum atomic E-state index is -1.03. The second kappa shape index (κ2) is 6.09. The number of carboxylic acid groups (broad SMARTS) is 1. The molecule has 0 saturated carbocycles. The molecule has 2 rings (SSSR count). The Morgan fingerprint density at radius 1 is 1.25 bits per heavy atom. The Labute approximate surface area is 122 Å².